The Morgan fingerprint density at radius 1 is 0.750 bits per heavy atom. The molecule has 0 aliphatic carbocycles. The van der Waals surface area contributed by atoms with Crippen LogP contribution in [0.3, 0.4) is 0 Å². The summed E-state index contributed by atoms with van der Waals surface area (Å²) in [6.07, 6.45) is 0. The Morgan fingerprint density at radius 2 is 1.42 bits per heavy atom. The van der Waals surface area contributed by atoms with Gasteiger partial charge in [-0.15, -0.1) is 11.3 Å². The van der Waals surface area contributed by atoms with Crippen molar-refractivity contribution in [1.29, 1.82) is 0 Å². The molecule has 0 saturated carbocycles. The van der Waals surface area contributed by atoms with Gasteiger partial charge in [0, 0.05) is 37.5 Å². The van der Waals surface area contributed by atoms with E-state index in [0.717, 1.165) is 26.2 Å². The van der Waals surface area contributed by atoms with Crippen molar-refractivity contribution in [3.8, 4) is 0 Å². The Bertz CT molecular complexity index is 1350. The molecule has 0 saturated heterocycles. The zero-order chi connectivity index (χ0) is 16.4. The smallest absolute Gasteiger partial charge is 0.261 e. The number of hydrogen-bond acceptors (Lipinski definition) is 3. The van der Waals surface area contributed by atoms with E-state index in [1.165, 1.54) is 9.27 Å². The lowest BCUT2D eigenvalue weighted by molar-refractivity contribution is 0.713. The molecule has 0 aliphatic heterocycles. The highest BCUT2D eigenvalue weighted by Crippen LogP contribution is 2.39. The highest BCUT2D eigenvalue weighted by molar-refractivity contribution is 7.25. The van der Waals surface area contributed by atoms with Gasteiger partial charge in [-0.1, -0.05) is 24.3 Å². The Balaban J connectivity index is 2.20. The summed E-state index contributed by atoms with van der Waals surface area (Å²) in [4.78, 5) is 25.4. The van der Waals surface area contributed by atoms with Gasteiger partial charge >= 0.3 is 0 Å². The van der Waals surface area contributed by atoms with Crippen molar-refractivity contribution in [2.75, 3.05) is 0 Å². The summed E-state index contributed by atoms with van der Waals surface area (Å²) in [5, 5.41) is 5.37. The number of aromatic nitrogens is 1. The van der Waals surface area contributed by atoms with Crippen molar-refractivity contribution < 1.29 is 0 Å². The van der Waals surface area contributed by atoms with E-state index >= 15 is 0 Å². The maximum atomic E-state index is 12.7. The van der Waals surface area contributed by atoms with Gasteiger partial charge in [-0.2, -0.15) is 0 Å². The number of benzene rings is 3. The molecule has 0 bridgehead atoms. The van der Waals surface area contributed by atoms with Crippen molar-refractivity contribution >= 4 is 53.1 Å². The number of fused-ring (bicyclic) bond motifs is 2. The summed E-state index contributed by atoms with van der Waals surface area (Å²) in [5.41, 5.74) is -0.384. The molecule has 0 aliphatic rings. The van der Waals surface area contributed by atoms with Crippen LogP contribution in [-0.4, -0.2) is 4.57 Å². The Hall–Kier alpha value is -2.72. The second kappa shape index (κ2) is 4.65. The molecule has 2 heterocycles. The fourth-order valence-corrected chi connectivity index (χ4v) is 4.82. The molecule has 3 nitrogen and oxygen atoms in total. The molecule has 5 rings (SSSR count). The molecule has 0 N–H and O–H groups in total. The van der Waals surface area contributed by atoms with Crippen LogP contribution in [0.25, 0.3) is 41.7 Å². The first-order valence-electron chi connectivity index (χ1n) is 7.94. The lowest BCUT2D eigenvalue weighted by Crippen LogP contribution is -2.32. The van der Waals surface area contributed by atoms with Gasteiger partial charge in [-0.05, 0) is 42.0 Å². The van der Waals surface area contributed by atoms with Crippen LogP contribution in [0.5, 0.6) is 0 Å². The first kappa shape index (κ1) is 13.7. The zero-order valence-electron chi connectivity index (χ0n) is 13.0. The minimum absolute atomic E-state index is 0.192. The van der Waals surface area contributed by atoms with Gasteiger partial charge in [0.2, 0.25) is 0 Å². The summed E-state index contributed by atoms with van der Waals surface area (Å²) < 4.78 is 3.63. The van der Waals surface area contributed by atoms with Crippen LogP contribution >= 0.6 is 11.3 Å². The standard InChI is InChI=1S/C20H13NO2S/c1-2-21-19(22)13-8-7-12-11-5-3-4-6-15(11)24-16-10-9-14(20(21)23)17(13)18(12)16/h3-10H,2H2,1H3. The van der Waals surface area contributed by atoms with Gasteiger partial charge in [-0.3, -0.25) is 14.2 Å². The van der Waals surface area contributed by atoms with Gasteiger partial charge < -0.3 is 0 Å². The highest BCUT2D eigenvalue weighted by atomic mass is 32.1. The molecule has 5 aromatic rings. The third kappa shape index (κ3) is 1.56. The molecular formula is C20H13NO2S. The average molecular weight is 331 g/mol. The van der Waals surface area contributed by atoms with E-state index in [1.54, 1.807) is 11.3 Å². The molecule has 4 heteroatoms. The van der Waals surface area contributed by atoms with Crippen LogP contribution in [0, 0.1) is 0 Å². The zero-order valence-corrected chi connectivity index (χ0v) is 13.8. The minimum Gasteiger partial charge on any atom is -0.275 e. The van der Waals surface area contributed by atoms with Crippen LogP contribution in [0.2, 0.25) is 0 Å². The minimum atomic E-state index is -0.192. The van der Waals surface area contributed by atoms with Crippen molar-refractivity contribution in [1.82, 2.24) is 4.57 Å². The van der Waals surface area contributed by atoms with Gasteiger partial charge in [-0.25, -0.2) is 0 Å². The van der Waals surface area contributed by atoms with Crippen LogP contribution in [0.1, 0.15) is 6.92 Å². The van der Waals surface area contributed by atoms with Crippen molar-refractivity contribution in [3.63, 3.8) is 0 Å². The predicted octanol–water partition coefficient (Wildman–Crippen LogP) is 4.34. The van der Waals surface area contributed by atoms with E-state index in [0.29, 0.717) is 17.3 Å². The summed E-state index contributed by atoms with van der Waals surface area (Å²) in [6, 6.07) is 16.0. The summed E-state index contributed by atoms with van der Waals surface area (Å²) in [5.74, 6) is 0. The lowest BCUT2D eigenvalue weighted by atomic mass is 9.98. The van der Waals surface area contributed by atoms with Crippen LogP contribution in [0.15, 0.2) is 58.1 Å². The first-order valence-corrected chi connectivity index (χ1v) is 8.75. The van der Waals surface area contributed by atoms with E-state index in [2.05, 4.69) is 12.1 Å². The Labute approximate surface area is 140 Å². The molecule has 0 spiro atoms. The molecular weight excluding hydrogens is 318 g/mol. The van der Waals surface area contributed by atoms with Crippen LogP contribution in [-0.2, 0) is 6.54 Å². The van der Waals surface area contributed by atoms with Gasteiger partial charge in [0.25, 0.3) is 11.1 Å². The van der Waals surface area contributed by atoms with E-state index in [1.807, 2.05) is 43.3 Å². The van der Waals surface area contributed by atoms with Crippen LogP contribution in [0.4, 0.5) is 0 Å². The average Bonchev–Trinajstić information content (AvgIpc) is 2.61. The molecule has 2 aromatic heterocycles. The monoisotopic (exact) mass is 331 g/mol. The fourth-order valence-electron chi connectivity index (χ4n) is 3.70. The molecule has 0 fully saturated rings. The summed E-state index contributed by atoms with van der Waals surface area (Å²) >= 11 is 1.70. The molecule has 0 atom stereocenters. The lowest BCUT2D eigenvalue weighted by Gasteiger charge is -2.13. The maximum Gasteiger partial charge on any atom is 0.261 e. The second-order valence-electron chi connectivity index (χ2n) is 5.97. The largest absolute Gasteiger partial charge is 0.275 e. The normalized spacial score (nSPS) is 12.0. The van der Waals surface area contributed by atoms with Gasteiger partial charge in [0.05, 0.1) is 0 Å². The molecule has 3 aromatic carbocycles. The Kier molecular flexibility index (Phi) is 2.65. The third-order valence-electron chi connectivity index (χ3n) is 4.79. The van der Waals surface area contributed by atoms with Crippen molar-refractivity contribution in [2.24, 2.45) is 0 Å². The Morgan fingerprint density at radius 3 is 2.17 bits per heavy atom. The highest BCUT2D eigenvalue weighted by Gasteiger charge is 2.17. The number of rotatable bonds is 1. The molecule has 0 amide bonds. The van der Waals surface area contributed by atoms with E-state index in [-0.39, 0.29) is 11.1 Å². The summed E-state index contributed by atoms with van der Waals surface area (Å²) in [6.45, 7) is 2.22. The number of hydrogen-bond donors (Lipinski definition) is 0. The first-order chi connectivity index (χ1) is 11.7. The maximum absolute atomic E-state index is 12.7. The van der Waals surface area contributed by atoms with E-state index in [4.69, 9.17) is 0 Å². The molecule has 116 valence electrons. The molecule has 0 unspecified atom stereocenters. The molecule has 24 heavy (non-hydrogen) atoms. The third-order valence-corrected chi connectivity index (χ3v) is 5.92. The second-order valence-corrected chi connectivity index (χ2v) is 7.06. The quantitative estimate of drug-likeness (QED) is 0.338. The predicted molar refractivity (Wildman–Crippen MR) is 102 cm³/mol. The van der Waals surface area contributed by atoms with Crippen LogP contribution < -0.4 is 11.1 Å². The topological polar surface area (TPSA) is 39.1 Å². The SMILES string of the molecule is CCn1c(=O)c2ccc3sc4ccccc4c4ccc(c1=O)c2c34. The van der Waals surface area contributed by atoms with Gasteiger partial charge in [0.15, 0.2) is 0 Å². The van der Waals surface area contributed by atoms with E-state index in [9.17, 15) is 9.59 Å². The summed E-state index contributed by atoms with van der Waals surface area (Å²) in [7, 11) is 0. The number of nitrogens with zero attached hydrogens (tertiary/aromatic N) is 1. The molecule has 0 radical (unpaired) electrons. The van der Waals surface area contributed by atoms with Crippen molar-refractivity contribution in [3.05, 3.63) is 69.2 Å². The van der Waals surface area contributed by atoms with Crippen molar-refractivity contribution in [2.45, 2.75) is 13.5 Å². The van der Waals surface area contributed by atoms with E-state index < -0.39 is 0 Å². The number of pyridine rings is 1. The van der Waals surface area contributed by atoms with Gasteiger partial charge in [0.1, 0.15) is 0 Å². The fraction of sp³-hybridized carbons (Fsp3) is 0.100.